The summed E-state index contributed by atoms with van der Waals surface area (Å²) in [5.74, 6) is 0.637. The average molecular weight is 316 g/mol. The van der Waals surface area contributed by atoms with Crippen molar-refractivity contribution < 1.29 is 0 Å². The summed E-state index contributed by atoms with van der Waals surface area (Å²) in [5, 5.41) is 0.201. The molecule has 0 heterocycles. The summed E-state index contributed by atoms with van der Waals surface area (Å²) in [4.78, 5) is 2.45. The molecule has 0 aromatic heterocycles. The maximum atomic E-state index is 6.56. The maximum Gasteiger partial charge on any atom is 0.0465 e. The zero-order valence-electron chi connectivity index (χ0n) is 13.6. The van der Waals surface area contributed by atoms with Crippen LogP contribution in [0.2, 0.25) is 0 Å². The van der Waals surface area contributed by atoms with E-state index in [1.54, 1.807) is 0 Å². The van der Waals surface area contributed by atoms with Crippen LogP contribution in [-0.2, 0) is 13.1 Å². The average Bonchev–Trinajstić information content (AvgIpc) is 2.48. The SMILES string of the molecule is CC(C)C[C@@H](Cl)CN(Cc1ccccc1)Cc1ccccc1. The number of benzene rings is 2. The topological polar surface area (TPSA) is 3.24 Å². The van der Waals surface area contributed by atoms with E-state index in [0.717, 1.165) is 26.1 Å². The van der Waals surface area contributed by atoms with Crippen LogP contribution < -0.4 is 0 Å². The van der Waals surface area contributed by atoms with Crippen LogP contribution in [0.4, 0.5) is 0 Å². The lowest BCUT2D eigenvalue weighted by Crippen LogP contribution is -2.30. The minimum absolute atomic E-state index is 0.201. The predicted molar refractivity (Wildman–Crippen MR) is 96.1 cm³/mol. The molecule has 0 saturated heterocycles. The van der Waals surface area contributed by atoms with E-state index < -0.39 is 0 Å². The lowest BCUT2D eigenvalue weighted by Gasteiger charge is -2.26. The second-order valence-corrected chi connectivity index (χ2v) is 6.98. The third-order valence-electron chi connectivity index (χ3n) is 3.68. The normalized spacial score (nSPS) is 12.8. The molecule has 0 amide bonds. The number of rotatable bonds is 8. The molecule has 2 heteroatoms. The van der Waals surface area contributed by atoms with Gasteiger partial charge in [0.15, 0.2) is 0 Å². The van der Waals surface area contributed by atoms with Gasteiger partial charge in [0.2, 0.25) is 0 Å². The Hall–Kier alpha value is -1.31. The van der Waals surface area contributed by atoms with Gasteiger partial charge < -0.3 is 0 Å². The van der Waals surface area contributed by atoms with Crippen molar-refractivity contribution in [1.29, 1.82) is 0 Å². The van der Waals surface area contributed by atoms with E-state index >= 15 is 0 Å². The first kappa shape index (κ1) is 17.1. The van der Waals surface area contributed by atoms with E-state index in [2.05, 4.69) is 79.4 Å². The largest absolute Gasteiger partial charge is 0.293 e. The van der Waals surface area contributed by atoms with Gasteiger partial charge in [-0.1, -0.05) is 74.5 Å². The van der Waals surface area contributed by atoms with Crippen LogP contribution >= 0.6 is 11.6 Å². The summed E-state index contributed by atoms with van der Waals surface area (Å²) in [6.45, 7) is 7.26. The molecule has 0 aliphatic rings. The minimum atomic E-state index is 0.201. The fourth-order valence-corrected chi connectivity index (χ4v) is 3.29. The first-order chi connectivity index (χ1) is 10.6. The van der Waals surface area contributed by atoms with Gasteiger partial charge in [-0.2, -0.15) is 0 Å². The van der Waals surface area contributed by atoms with Crippen molar-refractivity contribution in [1.82, 2.24) is 4.90 Å². The van der Waals surface area contributed by atoms with Gasteiger partial charge in [-0.15, -0.1) is 11.6 Å². The van der Waals surface area contributed by atoms with E-state index in [1.165, 1.54) is 11.1 Å². The minimum Gasteiger partial charge on any atom is -0.293 e. The van der Waals surface area contributed by atoms with Crippen LogP contribution in [0.15, 0.2) is 60.7 Å². The lowest BCUT2D eigenvalue weighted by molar-refractivity contribution is 0.249. The zero-order chi connectivity index (χ0) is 15.8. The van der Waals surface area contributed by atoms with Crippen LogP contribution in [0.1, 0.15) is 31.4 Å². The smallest absolute Gasteiger partial charge is 0.0465 e. The molecule has 1 nitrogen and oxygen atoms in total. The van der Waals surface area contributed by atoms with Gasteiger partial charge in [-0.05, 0) is 23.5 Å². The van der Waals surface area contributed by atoms with Gasteiger partial charge in [0.25, 0.3) is 0 Å². The highest BCUT2D eigenvalue weighted by molar-refractivity contribution is 6.20. The monoisotopic (exact) mass is 315 g/mol. The van der Waals surface area contributed by atoms with E-state index in [0.29, 0.717) is 5.92 Å². The second-order valence-electron chi connectivity index (χ2n) is 6.37. The zero-order valence-corrected chi connectivity index (χ0v) is 14.3. The molecule has 0 N–H and O–H groups in total. The quantitative estimate of drug-likeness (QED) is 0.594. The fraction of sp³-hybridized carbons (Fsp3) is 0.400. The van der Waals surface area contributed by atoms with Crippen molar-refractivity contribution in [2.45, 2.75) is 38.7 Å². The highest BCUT2D eigenvalue weighted by Gasteiger charge is 2.14. The van der Waals surface area contributed by atoms with Crippen molar-refractivity contribution >= 4 is 11.6 Å². The van der Waals surface area contributed by atoms with Gasteiger partial charge in [0, 0.05) is 25.0 Å². The number of hydrogen-bond donors (Lipinski definition) is 0. The number of nitrogens with zero attached hydrogens (tertiary/aromatic N) is 1. The Morgan fingerprint density at radius 3 is 1.68 bits per heavy atom. The molecule has 2 rings (SSSR count). The fourth-order valence-electron chi connectivity index (χ4n) is 2.73. The lowest BCUT2D eigenvalue weighted by atomic mass is 10.1. The summed E-state index contributed by atoms with van der Waals surface area (Å²) >= 11 is 6.56. The molecule has 0 unspecified atom stereocenters. The molecule has 0 saturated carbocycles. The number of alkyl halides is 1. The van der Waals surface area contributed by atoms with Gasteiger partial charge >= 0.3 is 0 Å². The molecule has 118 valence electrons. The summed E-state index contributed by atoms with van der Waals surface area (Å²) in [6, 6.07) is 21.3. The third kappa shape index (κ3) is 6.21. The molecule has 0 radical (unpaired) electrons. The third-order valence-corrected chi connectivity index (χ3v) is 4.00. The Bertz CT molecular complexity index is 482. The number of halogens is 1. The summed E-state index contributed by atoms with van der Waals surface area (Å²) in [6.07, 6.45) is 1.06. The van der Waals surface area contributed by atoms with Crippen LogP contribution in [0.25, 0.3) is 0 Å². The Kier molecular flexibility index (Phi) is 6.95. The Balaban J connectivity index is 2.03. The molecular formula is C20H26ClN. The Labute approximate surface area is 139 Å². The highest BCUT2D eigenvalue weighted by atomic mass is 35.5. The van der Waals surface area contributed by atoms with Gasteiger partial charge in [0.1, 0.15) is 0 Å². The molecule has 0 bridgehead atoms. The molecule has 0 spiro atoms. The van der Waals surface area contributed by atoms with Crippen LogP contribution in [-0.4, -0.2) is 16.8 Å². The van der Waals surface area contributed by atoms with E-state index in [1.807, 2.05) is 0 Å². The van der Waals surface area contributed by atoms with Gasteiger partial charge in [-0.3, -0.25) is 4.90 Å². The predicted octanol–water partition coefficient (Wildman–Crippen LogP) is 5.34. The van der Waals surface area contributed by atoms with Gasteiger partial charge in [0.05, 0.1) is 0 Å². The van der Waals surface area contributed by atoms with E-state index in [9.17, 15) is 0 Å². The first-order valence-corrected chi connectivity index (χ1v) is 8.51. The summed E-state index contributed by atoms with van der Waals surface area (Å²) in [7, 11) is 0. The molecular weight excluding hydrogens is 290 g/mol. The summed E-state index contributed by atoms with van der Waals surface area (Å²) in [5.41, 5.74) is 2.68. The summed E-state index contributed by atoms with van der Waals surface area (Å²) < 4.78 is 0. The van der Waals surface area contributed by atoms with Crippen molar-refractivity contribution in [2.24, 2.45) is 5.92 Å². The molecule has 2 aromatic rings. The number of hydrogen-bond acceptors (Lipinski definition) is 1. The van der Waals surface area contributed by atoms with Crippen molar-refractivity contribution in [2.75, 3.05) is 6.54 Å². The van der Waals surface area contributed by atoms with Crippen molar-refractivity contribution in [3.63, 3.8) is 0 Å². The molecule has 0 fully saturated rings. The Morgan fingerprint density at radius 2 is 1.27 bits per heavy atom. The molecule has 0 aliphatic carbocycles. The first-order valence-electron chi connectivity index (χ1n) is 8.07. The maximum absolute atomic E-state index is 6.56. The molecule has 22 heavy (non-hydrogen) atoms. The highest BCUT2D eigenvalue weighted by Crippen LogP contribution is 2.16. The van der Waals surface area contributed by atoms with E-state index in [-0.39, 0.29) is 5.38 Å². The standard InChI is InChI=1S/C20H26ClN/c1-17(2)13-20(21)16-22(14-18-9-5-3-6-10-18)15-19-11-7-4-8-12-19/h3-12,17,20H,13-16H2,1-2H3/t20-/m1/s1. The second kappa shape index (κ2) is 8.97. The molecule has 0 aliphatic heterocycles. The molecule has 2 aromatic carbocycles. The van der Waals surface area contributed by atoms with E-state index in [4.69, 9.17) is 11.6 Å². The molecule has 1 atom stereocenters. The van der Waals surface area contributed by atoms with Crippen LogP contribution in [0.5, 0.6) is 0 Å². The van der Waals surface area contributed by atoms with Gasteiger partial charge in [-0.25, -0.2) is 0 Å². The van der Waals surface area contributed by atoms with Crippen molar-refractivity contribution in [3.8, 4) is 0 Å². The van der Waals surface area contributed by atoms with Crippen molar-refractivity contribution in [3.05, 3.63) is 71.8 Å². The van der Waals surface area contributed by atoms with Crippen LogP contribution in [0.3, 0.4) is 0 Å². The Morgan fingerprint density at radius 1 is 0.818 bits per heavy atom. The van der Waals surface area contributed by atoms with Crippen LogP contribution in [0, 0.1) is 5.92 Å².